The van der Waals surface area contributed by atoms with E-state index in [2.05, 4.69) is 241 Å². The number of anilines is 3. The van der Waals surface area contributed by atoms with Gasteiger partial charge in [-0.05, 0) is 100 Å². The van der Waals surface area contributed by atoms with E-state index in [0.717, 1.165) is 28.3 Å². The van der Waals surface area contributed by atoms with Crippen LogP contribution < -0.4 is 4.90 Å². The lowest BCUT2D eigenvalue weighted by molar-refractivity contribution is 1.18. The maximum absolute atomic E-state index is 2.46. The Morgan fingerprint density at radius 3 is 1.44 bits per heavy atom. The van der Waals surface area contributed by atoms with E-state index in [9.17, 15) is 0 Å². The molecule has 0 saturated heterocycles. The Bertz CT molecular complexity index is 2980. The summed E-state index contributed by atoms with van der Waals surface area (Å²) in [5, 5.41) is 2.45. The molecule has 0 saturated carbocycles. The molecule has 0 fully saturated rings. The van der Waals surface area contributed by atoms with Crippen LogP contribution in [0, 0.1) is 6.92 Å². The molecule has 10 rings (SSSR count). The van der Waals surface area contributed by atoms with Gasteiger partial charge in [0.1, 0.15) is 0 Å². The summed E-state index contributed by atoms with van der Waals surface area (Å²) in [5.74, 6) is 0. The Morgan fingerprint density at radius 2 is 0.789 bits per heavy atom. The predicted octanol–water partition coefficient (Wildman–Crippen LogP) is 15.2. The molecule has 0 radical (unpaired) electrons. The summed E-state index contributed by atoms with van der Waals surface area (Å²) >= 11 is 0. The summed E-state index contributed by atoms with van der Waals surface area (Å²) in [6.45, 7) is 2.15. The van der Waals surface area contributed by atoms with Crippen LogP contribution in [0.1, 0.15) is 5.56 Å². The number of hydrogen-bond donors (Lipinski definition) is 0. The quantitative estimate of drug-likeness (QED) is 0.151. The van der Waals surface area contributed by atoms with Crippen LogP contribution in [0.3, 0.4) is 0 Å². The van der Waals surface area contributed by atoms with Gasteiger partial charge >= 0.3 is 0 Å². The van der Waals surface area contributed by atoms with E-state index in [0.29, 0.717) is 0 Å². The highest BCUT2D eigenvalue weighted by Gasteiger charge is 2.20. The summed E-state index contributed by atoms with van der Waals surface area (Å²) in [4.78, 5) is 2.38. The smallest absolute Gasteiger partial charge is 0.0562 e. The Kier molecular flexibility index (Phi) is 8.78. The van der Waals surface area contributed by atoms with Crippen molar-refractivity contribution in [3.63, 3.8) is 0 Å². The first-order valence-corrected chi connectivity index (χ1v) is 19.6. The third-order valence-corrected chi connectivity index (χ3v) is 11.1. The van der Waals surface area contributed by atoms with E-state index in [1.165, 1.54) is 66.4 Å². The molecule has 0 unspecified atom stereocenters. The van der Waals surface area contributed by atoms with Gasteiger partial charge in [0.05, 0.1) is 16.7 Å². The maximum Gasteiger partial charge on any atom is 0.0562 e. The Balaban J connectivity index is 1.17. The zero-order chi connectivity index (χ0) is 38.1. The number of benzene rings is 9. The summed E-state index contributed by atoms with van der Waals surface area (Å²) < 4.78 is 2.46. The fourth-order valence-electron chi connectivity index (χ4n) is 8.26. The van der Waals surface area contributed by atoms with Crippen LogP contribution in [0.5, 0.6) is 0 Å². The van der Waals surface area contributed by atoms with Crippen molar-refractivity contribution in [2.75, 3.05) is 4.90 Å². The summed E-state index contributed by atoms with van der Waals surface area (Å²) in [6.07, 6.45) is 0. The van der Waals surface area contributed by atoms with Gasteiger partial charge in [0.25, 0.3) is 0 Å². The van der Waals surface area contributed by atoms with E-state index < -0.39 is 0 Å². The van der Waals surface area contributed by atoms with E-state index in [1.807, 2.05) is 0 Å². The van der Waals surface area contributed by atoms with E-state index in [4.69, 9.17) is 0 Å². The van der Waals surface area contributed by atoms with Gasteiger partial charge in [0.15, 0.2) is 0 Å². The minimum atomic E-state index is 1.09. The van der Waals surface area contributed by atoms with Gasteiger partial charge in [0, 0.05) is 33.4 Å². The lowest BCUT2D eigenvalue weighted by Gasteiger charge is -2.26. The van der Waals surface area contributed by atoms with Crippen LogP contribution in [-0.2, 0) is 0 Å². The van der Waals surface area contributed by atoms with Crippen molar-refractivity contribution < 1.29 is 0 Å². The van der Waals surface area contributed by atoms with Crippen LogP contribution >= 0.6 is 0 Å². The highest BCUT2D eigenvalue weighted by Crippen LogP contribution is 2.42. The third-order valence-electron chi connectivity index (χ3n) is 11.1. The largest absolute Gasteiger partial charge is 0.310 e. The van der Waals surface area contributed by atoms with Gasteiger partial charge in [-0.2, -0.15) is 0 Å². The fraction of sp³-hybridized carbons (Fsp3) is 0.0182. The second-order valence-corrected chi connectivity index (χ2v) is 14.7. The SMILES string of the molecule is Cc1cccc(-c2ccc(N(c3ccc(-c4ccccc4)cc3)c3ccc4c5ccccc5n(-c5ccc(-c6ccccc6)cc5-c5ccccc5)c4c3)cc2)c1. The van der Waals surface area contributed by atoms with Crippen molar-refractivity contribution in [1.82, 2.24) is 4.57 Å². The molecule has 0 N–H and O–H groups in total. The summed E-state index contributed by atoms with van der Waals surface area (Å²) in [5.41, 5.74) is 17.6. The molecule has 0 aliphatic heterocycles. The first kappa shape index (κ1) is 34.1. The highest BCUT2D eigenvalue weighted by atomic mass is 15.1. The minimum Gasteiger partial charge on any atom is -0.310 e. The molecule has 0 aliphatic rings. The maximum atomic E-state index is 2.46. The number of aryl methyl sites for hydroxylation is 1. The average Bonchev–Trinajstić information content (AvgIpc) is 3.61. The van der Waals surface area contributed by atoms with E-state index >= 15 is 0 Å². The van der Waals surface area contributed by atoms with Gasteiger partial charge in [-0.1, -0.05) is 175 Å². The van der Waals surface area contributed by atoms with Crippen molar-refractivity contribution in [2.24, 2.45) is 0 Å². The summed E-state index contributed by atoms with van der Waals surface area (Å²) in [6, 6.07) is 81.3. The van der Waals surface area contributed by atoms with Gasteiger partial charge in [-0.3, -0.25) is 0 Å². The van der Waals surface area contributed by atoms with Crippen LogP contribution in [0.25, 0.3) is 72.0 Å². The first-order valence-electron chi connectivity index (χ1n) is 19.6. The number of fused-ring (bicyclic) bond motifs is 3. The van der Waals surface area contributed by atoms with Gasteiger partial charge in [0.2, 0.25) is 0 Å². The van der Waals surface area contributed by atoms with Crippen molar-refractivity contribution >= 4 is 38.9 Å². The molecule has 57 heavy (non-hydrogen) atoms. The molecule has 9 aromatic carbocycles. The molecule has 0 amide bonds. The molecule has 270 valence electrons. The molecule has 2 heteroatoms. The number of aromatic nitrogens is 1. The van der Waals surface area contributed by atoms with Crippen LogP contribution in [0.15, 0.2) is 224 Å². The molecule has 2 nitrogen and oxygen atoms in total. The lowest BCUT2D eigenvalue weighted by Crippen LogP contribution is -2.10. The van der Waals surface area contributed by atoms with Crippen molar-refractivity contribution in [2.45, 2.75) is 6.92 Å². The molecule has 1 aromatic heterocycles. The van der Waals surface area contributed by atoms with Crippen molar-refractivity contribution in [3.8, 4) is 50.2 Å². The second-order valence-electron chi connectivity index (χ2n) is 14.7. The number of nitrogens with zero attached hydrogens (tertiary/aromatic N) is 2. The molecular formula is C55H40N2. The van der Waals surface area contributed by atoms with Crippen LogP contribution in [-0.4, -0.2) is 4.57 Å². The lowest BCUT2D eigenvalue weighted by atomic mass is 9.97. The summed E-state index contributed by atoms with van der Waals surface area (Å²) in [7, 11) is 0. The average molecular weight is 729 g/mol. The molecular weight excluding hydrogens is 689 g/mol. The van der Waals surface area contributed by atoms with Gasteiger partial charge in [-0.25, -0.2) is 0 Å². The Labute approximate surface area is 334 Å². The zero-order valence-electron chi connectivity index (χ0n) is 31.8. The molecule has 1 heterocycles. The molecule has 0 atom stereocenters. The normalized spacial score (nSPS) is 11.2. The van der Waals surface area contributed by atoms with E-state index in [-0.39, 0.29) is 0 Å². The number of para-hydroxylation sites is 1. The number of rotatable bonds is 8. The molecule has 0 bridgehead atoms. The van der Waals surface area contributed by atoms with Crippen LogP contribution in [0.4, 0.5) is 17.1 Å². The van der Waals surface area contributed by atoms with Gasteiger partial charge in [-0.15, -0.1) is 0 Å². The van der Waals surface area contributed by atoms with E-state index in [1.54, 1.807) is 0 Å². The second kappa shape index (κ2) is 14.7. The first-order chi connectivity index (χ1) is 28.2. The van der Waals surface area contributed by atoms with Crippen molar-refractivity contribution in [1.29, 1.82) is 0 Å². The molecule has 10 aromatic rings. The Hall–Kier alpha value is -7.42. The monoisotopic (exact) mass is 728 g/mol. The zero-order valence-corrected chi connectivity index (χ0v) is 31.8. The van der Waals surface area contributed by atoms with Gasteiger partial charge < -0.3 is 9.47 Å². The Morgan fingerprint density at radius 1 is 0.316 bits per heavy atom. The third kappa shape index (κ3) is 6.48. The minimum absolute atomic E-state index is 1.09. The van der Waals surface area contributed by atoms with Crippen molar-refractivity contribution in [3.05, 3.63) is 230 Å². The topological polar surface area (TPSA) is 8.17 Å². The fourth-order valence-corrected chi connectivity index (χ4v) is 8.26. The van der Waals surface area contributed by atoms with Crippen LogP contribution in [0.2, 0.25) is 0 Å². The molecule has 0 aliphatic carbocycles. The highest BCUT2D eigenvalue weighted by molar-refractivity contribution is 6.11. The standard InChI is InChI=1S/C55H40N2/c1-39-14-13-21-45(36-39)43-26-31-48(32-27-43)56(47-29-24-42(25-30-47)40-15-5-2-6-16-40)49-33-34-51-50-22-11-12-23-53(50)57(55(51)38-49)54-35-28-46(41-17-7-3-8-18-41)37-52(54)44-19-9-4-10-20-44/h2-38H,1H3. The molecule has 0 spiro atoms. The predicted molar refractivity (Wildman–Crippen MR) is 242 cm³/mol. The number of hydrogen-bond acceptors (Lipinski definition) is 1.